The second kappa shape index (κ2) is 8.65. The number of hydrogen-bond acceptors (Lipinski definition) is 8. The van der Waals surface area contributed by atoms with E-state index < -0.39 is 24.5 Å². The van der Waals surface area contributed by atoms with Crippen molar-refractivity contribution >= 4 is 17.0 Å². The molecule has 4 atom stereocenters. The quantitative estimate of drug-likeness (QED) is 0.583. The Morgan fingerprint density at radius 3 is 2.57 bits per heavy atom. The number of rotatable bonds is 3. The second-order valence-electron chi connectivity index (χ2n) is 7.19. The first-order chi connectivity index (χ1) is 14.7. The molecule has 9 heteroatoms. The van der Waals surface area contributed by atoms with Crippen molar-refractivity contribution < 1.29 is 20.1 Å². The number of nitrogens with zero attached hydrogens (tertiary/aromatic N) is 5. The van der Waals surface area contributed by atoms with Gasteiger partial charge >= 0.3 is 0 Å². The van der Waals surface area contributed by atoms with Crippen LogP contribution in [0.4, 0.5) is 5.82 Å². The molecule has 9 nitrogen and oxygen atoms in total. The summed E-state index contributed by atoms with van der Waals surface area (Å²) >= 11 is 0. The fourth-order valence-electron chi connectivity index (χ4n) is 4.04. The molecule has 0 aliphatic carbocycles. The van der Waals surface area contributed by atoms with Crippen molar-refractivity contribution in [2.75, 3.05) is 18.1 Å². The van der Waals surface area contributed by atoms with Crippen LogP contribution in [0.1, 0.15) is 31.2 Å². The molecule has 2 aromatic heterocycles. The zero-order chi connectivity index (χ0) is 21.3. The molecule has 1 saturated heterocycles. The minimum atomic E-state index is -1.19. The molecule has 0 amide bonds. The van der Waals surface area contributed by atoms with Crippen molar-refractivity contribution in [1.29, 1.82) is 0 Å². The first-order valence-corrected chi connectivity index (χ1v) is 10.3. The third kappa shape index (κ3) is 3.43. The molecule has 5 rings (SSSR count). The van der Waals surface area contributed by atoms with Gasteiger partial charge < -0.3 is 25.0 Å². The van der Waals surface area contributed by atoms with Gasteiger partial charge in [0.2, 0.25) is 0 Å². The van der Waals surface area contributed by atoms with Crippen LogP contribution in [0, 0.1) is 0 Å². The van der Waals surface area contributed by atoms with E-state index in [0.717, 1.165) is 25.3 Å². The maximum absolute atomic E-state index is 10.3. The highest BCUT2D eigenvalue weighted by Gasteiger charge is 2.44. The Labute approximate surface area is 174 Å². The molecule has 4 heterocycles. The predicted molar refractivity (Wildman–Crippen MR) is 111 cm³/mol. The topological polar surface area (TPSA) is 117 Å². The molecule has 0 radical (unpaired) electrons. The van der Waals surface area contributed by atoms with Crippen molar-refractivity contribution in [3.63, 3.8) is 0 Å². The molecule has 3 aromatic rings. The molecule has 3 N–H and O–H groups in total. The van der Waals surface area contributed by atoms with Gasteiger partial charge in [0.1, 0.15) is 24.6 Å². The molecule has 0 saturated carbocycles. The largest absolute Gasteiger partial charge is 0.394 e. The maximum atomic E-state index is 10.3. The van der Waals surface area contributed by atoms with E-state index in [1.54, 1.807) is 4.57 Å². The highest BCUT2D eigenvalue weighted by atomic mass is 16.6. The zero-order valence-corrected chi connectivity index (χ0v) is 17.1. The maximum Gasteiger partial charge on any atom is 0.167 e. The average Bonchev–Trinajstić information content (AvgIpc) is 3.35. The number of aliphatic hydroxyl groups excluding tert-OH is 3. The van der Waals surface area contributed by atoms with Crippen LogP contribution in [0.5, 0.6) is 0 Å². The summed E-state index contributed by atoms with van der Waals surface area (Å²) in [5, 5.41) is 29.7. The SMILES string of the molecule is CC.OCC1OC(n2cnc3c(N4CCc5ccccc5C4)ncnc32)C(O)C1O. The Morgan fingerprint density at radius 2 is 1.83 bits per heavy atom. The lowest BCUT2D eigenvalue weighted by Gasteiger charge is -2.29. The van der Waals surface area contributed by atoms with Gasteiger partial charge in [-0.3, -0.25) is 4.57 Å². The van der Waals surface area contributed by atoms with Crippen LogP contribution in [-0.4, -0.2) is 66.3 Å². The lowest BCUT2D eigenvalue weighted by Crippen LogP contribution is -2.33. The Kier molecular flexibility index (Phi) is 5.96. The molecule has 1 fully saturated rings. The smallest absolute Gasteiger partial charge is 0.167 e. The van der Waals surface area contributed by atoms with E-state index in [9.17, 15) is 15.3 Å². The van der Waals surface area contributed by atoms with Gasteiger partial charge in [0, 0.05) is 13.1 Å². The first-order valence-electron chi connectivity index (χ1n) is 10.3. The molecule has 4 unspecified atom stereocenters. The normalized spacial score (nSPS) is 25.7. The third-order valence-corrected chi connectivity index (χ3v) is 5.56. The van der Waals surface area contributed by atoms with Crippen LogP contribution in [0.3, 0.4) is 0 Å². The van der Waals surface area contributed by atoms with Crippen LogP contribution >= 0.6 is 0 Å². The summed E-state index contributed by atoms with van der Waals surface area (Å²) in [6.45, 7) is 5.18. The van der Waals surface area contributed by atoms with Gasteiger partial charge in [-0.05, 0) is 17.5 Å². The molecule has 2 aliphatic heterocycles. The monoisotopic (exact) mass is 413 g/mol. The number of aromatic nitrogens is 4. The van der Waals surface area contributed by atoms with Gasteiger partial charge in [-0.15, -0.1) is 0 Å². The number of aliphatic hydroxyl groups is 3. The number of fused-ring (bicyclic) bond motifs is 2. The van der Waals surface area contributed by atoms with Gasteiger partial charge in [0.15, 0.2) is 23.2 Å². The van der Waals surface area contributed by atoms with Gasteiger partial charge in [0.05, 0.1) is 12.9 Å². The van der Waals surface area contributed by atoms with Crippen LogP contribution in [0.15, 0.2) is 36.9 Å². The average molecular weight is 413 g/mol. The van der Waals surface area contributed by atoms with Gasteiger partial charge in [-0.25, -0.2) is 15.0 Å². The summed E-state index contributed by atoms with van der Waals surface area (Å²) < 4.78 is 7.20. The van der Waals surface area contributed by atoms with Crippen molar-refractivity contribution in [2.24, 2.45) is 0 Å². The second-order valence-corrected chi connectivity index (χ2v) is 7.19. The molecule has 160 valence electrons. The highest BCUT2D eigenvalue weighted by Crippen LogP contribution is 2.33. The Morgan fingerprint density at radius 1 is 1.07 bits per heavy atom. The number of hydrogen-bond donors (Lipinski definition) is 3. The van der Waals surface area contributed by atoms with E-state index in [1.807, 2.05) is 19.9 Å². The van der Waals surface area contributed by atoms with E-state index in [1.165, 1.54) is 23.8 Å². The predicted octanol–water partition coefficient (Wildman–Crippen LogP) is 1.03. The van der Waals surface area contributed by atoms with Gasteiger partial charge in [-0.2, -0.15) is 0 Å². The van der Waals surface area contributed by atoms with Gasteiger partial charge in [-0.1, -0.05) is 38.1 Å². The van der Waals surface area contributed by atoms with Crippen molar-refractivity contribution in [3.8, 4) is 0 Å². The number of benzene rings is 1. The van der Waals surface area contributed by atoms with Crippen LogP contribution < -0.4 is 4.90 Å². The van der Waals surface area contributed by atoms with E-state index in [0.29, 0.717) is 11.2 Å². The van der Waals surface area contributed by atoms with Gasteiger partial charge in [0.25, 0.3) is 0 Å². The van der Waals surface area contributed by atoms with Crippen molar-refractivity contribution in [3.05, 3.63) is 48.0 Å². The van der Waals surface area contributed by atoms with Crippen molar-refractivity contribution in [1.82, 2.24) is 19.5 Å². The minimum Gasteiger partial charge on any atom is -0.394 e. The highest BCUT2D eigenvalue weighted by molar-refractivity contribution is 5.83. The van der Waals surface area contributed by atoms with E-state index in [2.05, 4.69) is 38.1 Å². The summed E-state index contributed by atoms with van der Waals surface area (Å²) in [6, 6.07) is 8.37. The molecular weight excluding hydrogens is 386 g/mol. The zero-order valence-electron chi connectivity index (χ0n) is 17.1. The fourth-order valence-corrected chi connectivity index (χ4v) is 4.04. The molecule has 2 aliphatic rings. The summed E-state index contributed by atoms with van der Waals surface area (Å²) in [7, 11) is 0. The summed E-state index contributed by atoms with van der Waals surface area (Å²) in [6.07, 6.45) is -0.155. The molecule has 0 bridgehead atoms. The lowest BCUT2D eigenvalue weighted by molar-refractivity contribution is -0.0511. The standard InChI is InChI=1S/C19H21N5O4.C2H6/c25-8-13-15(26)16(27)19(28-13)24-10-22-14-17(20-9-21-18(14)24)23-6-5-11-3-1-2-4-12(11)7-23;1-2/h1-4,9-10,13,15-16,19,25-27H,5-8H2;1-2H3. The third-order valence-electron chi connectivity index (χ3n) is 5.56. The molecular formula is C21H27N5O4. The van der Waals surface area contributed by atoms with E-state index in [-0.39, 0.29) is 6.61 Å². The fraction of sp³-hybridized carbons (Fsp3) is 0.476. The summed E-state index contributed by atoms with van der Waals surface area (Å²) in [4.78, 5) is 15.4. The van der Waals surface area contributed by atoms with Crippen LogP contribution in [0.2, 0.25) is 0 Å². The number of anilines is 1. The van der Waals surface area contributed by atoms with Crippen LogP contribution in [-0.2, 0) is 17.7 Å². The Bertz CT molecular complexity index is 1010. The van der Waals surface area contributed by atoms with Crippen molar-refractivity contribution in [2.45, 2.75) is 51.4 Å². The van der Waals surface area contributed by atoms with E-state index in [4.69, 9.17) is 4.74 Å². The summed E-state index contributed by atoms with van der Waals surface area (Å²) in [5.41, 5.74) is 3.74. The molecule has 0 spiro atoms. The number of imidazole rings is 1. The van der Waals surface area contributed by atoms with E-state index >= 15 is 0 Å². The Hall–Kier alpha value is -2.59. The number of ether oxygens (including phenoxy) is 1. The minimum absolute atomic E-state index is 0.380. The molecule has 30 heavy (non-hydrogen) atoms. The molecule has 1 aromatic carbocycles. The summed E-state index contributed by atoms with van der Waals surface area (Å²) in [5.74, 6) is 0.727. The Balaban J connectivity index is 0.00000106. The van der Waals surface area contributed by atoms with Crippen LogP contribution in [0.25, 0.3) is 11.2 Å². The lowest BCUT2D eigenvalue weighted by atomic mass is 10.00. The first kappa shape index (κ1) is 20.7.